The van der Waals surface area contributed by atoms with Crippen molar-refractivity contribution in [1.82, 2.24) is 10.9 Å². The molecule has 0 heterocycles. The van der Waals surface area contributed by atoms with Gasteiger partial charge >= 0.3 is 0 Å². The van der Waals surface area contributed by atoms with Gasteiger partial charge in [-0.05, 0) is 37.9 Å². The van der Waals surface area contributed by atoms with Crippen LogP contribution in [0.3, 0.4) is 0 Å². The molecule has 0 aromatic heterocycles. The van der Waals surface area contributed by atoms with E-state index in [9.17, 15) is 0 Å². The summed E-state index contributed by atoms with van der Waals surface area (Å²) in [5.41, 5.74) is 6.14. The van der Waals surface area contributed by atoms with Crippen LogP contribution in [0.2, 0.25) is 0 Å². The maximum atomic E-state index is 5.03. The lowest BCUT2D eigenvalue weighted by atomic mass is 10.3. The number of thiocarbonyl (C=S) groups is 1. The third-order valence-corrected chi connectivity index (χ3v) is 1.84. The molecule has 0 spiro atoms. The Kier molecular flexibility index (Phi) is 3.25. The molecule has 1 rings (SSSR count). The zero-order valence-corrected chi connectivity index (χ0v) is 7.08. The fourth-order valence-electron chi connectivity index (χ4n) is 1.06. The van der Waals surface area contributed by atoms with Gasteiger partial charge in [-0.2, -0.15) is 5.10 Å². The second-order valence-electron chi connectivity index (χ2n) is 2.47. The molecule has 0 amide bonds. The van der Waals surface area contributed by atoms with Gasteiger partial charge in [0.15, 0.2) is 0 Å². The fourth-order valence-corrected chi connectivity index (χ4v) is 1.10. The van der Waals surface area contributed by atoms with Crippen molar-refractivity contribution in [2.24, 2.45) is 10.9 Å². The third-order valence-electron chi connectivity index (χ3n) is 1.63. The van der Waals surface area contributed by atoms with Crippen LogP contribution in [0.25, 0.3) is 0 Å². The first kappa shape index (κ1) is 8.42. The maximum Gasteiger partial charge on any atom is 0.201 e. The Morgan fingerprint density at radius 3 is 2.64 bits per heavy atom. The number of nitrogens with one attached hydrogen (secondary N) is 2. The molecule has 4 N–H and O–H groups in total. The van der Waals surface area contributed by atoms with Crippen molar-refractivity contribution in [2.75, 3.05) is 0 Å². The first-order valence-electron chi connectivity index (χ1n) is 3.65. The van der Waals surface area contributed by atoms with Crippen LogP contribution in [0, 0.1) is 0 Å². The summed E-state index contributed by atoms with van der Waals surface area (Å²) in [6, 6.07) is 0. The number of nitrogens with two attached hydrogens (primary N) is 1. The van der Waals surface area contributed by atoms with Gasteiger partial charge in [0.25, 0.3) is 0 Å². The SMILES string of the molecule is NNC(=S)NN=C1CCCC1. The van der Waals surface area contributed by atoms with Crippen LogP contribution >= 0.6 is 12.2 Å². The molecule has 0 bridgehead atoms. The van der Waals surface area contributed by atoms with Crippen molar-refractivity contribution in [3.8, 4) is 0 Å². The van der Waals surface area contributed by atoms with E-state index in [-0.39, 0.29) is 0 Å². The Hall–Kier alpha value is -0.680. The van der Waals surface area contributed by atoms with E-state index in [0.29, 0.717) is 5.11 Å². The summed E-state index contributed by atoms with van der Waals surface area (Å²) in [6.45, 7) is 0. The number of hydrazone groups is 1. The van der Waals surface area contributed by atoms with Crippen molar-refractivity contribution >= 4 is 23.0 Å². The summed E-state index contributed by atoms with van der Waals surface area (Å²) >= 11 is 4.74. The largest absolute Gasteiger partial charge is 0.300 e. The van der Waals surface area contributed by atoms with E-state index in [1.807, 2.05) is 0 Å². The number of nitrogens with zero attached hydrogens (tertiary/aromatic N) is 1. The molecule has 5 heteroatoms. The lowest BCUT2D eigenvalue weighted by Crippen LogP contribution is -2.37. The van der Waals surface area contributed by atoms with Crippen molar-refractivity contribution in [3.63, 3.8) is 0 Å². The molecule has 0 atom stereocenters. The van der Waals surface area contributed by atoms with Crippen LogP contribution in [-0.2, 0) is 0 Å². The average Bonchev–Trinajstić information content (AvgIpc) is 2.52. The van der Waals surface area contributed by atoms with Crippen LogP contribution < -0.4 is 16.7 Å². The first-order valence-corrected chi connectivity index (χ1v) is 4.06. The Morgan fingerprint density at radius 1 is 1.45 bits per heavy atom. The Labute approximate surface area is 71.2 Å². The molecule has 0 saturated heterocycles. The molecule has 0 aromatic rings. The molecule has 1 fully saturated rings. The van der Waals surface area contributed by atoms with Gasteiger partial charge in [0, 0.05) is 5.71 Å². The highest BCUT2D eigenvalue weighted by Gasteiger charge is 2.07. The summed E-state index contributed by atoms with van der Waals surface area (Å²) < 4.78 is 0. The fraction of sp³-hybridized carbons (Fsp3) is 0.667. The van der Waals surface area contributed by atoms with Crippen molar-refractivity contribution in [3.05, 3.63) is 0 Å². The van der Waals surface area contributed by atoms with E-state index >= 15 is 0 Å². The van der Waals surface area contributed by atoms with Crippen molar-refractivity contribution < 1.29 is 0 Å². The molecule has 11 heavy (non-hydrogen) atoms. The third kappa shape index (κ3) is 2.81. The van der Waals surface area contributed by atoms with Crippen LogP contribution in [0.5, 0.6) is 0 Å². The quantitative estimate of drug-likeness (QED) is 0.301. The zero-order valence-electron chi connectivity index (χ0n) is 6.26. The zero-order chi connectivity index (χ0) is 8.10. The number of hydrogen-bond donors (Lipinski definition) is 3. The lowest BCUT2D eigenvalue weighted by molar-refractivity contribution is 0.886. The Morgan fingerprint density at radius 2 is 2.09 bits per heavy atom. The van der Waals surface area contributed by atoms with E-state index in [1.165, 1.54) is 18.6 Å². The summed E-state index contributed by atoms with van der Waals surface area (Å²) in [5, 5.41) is 4.44. The van der Waals surface area contributed by atoms with E-state index in [2.05, 4.69) is 16.0 Å². The first-order chi connectivity index (χ1) is 5.33. The summed E-state index contributed by atoms with van der Waals surface area (Å²) in [4.78, 5) is 0. The maximum absolute atomic E-state index is 5.03. The van der Waals surface area contributed by atoms with Gasteiger partial charge in [-0.25, -0.2) is 5.84 Å². The molecular formula is C6H12N4S. The molecule has 1 aliphatic carbocycles. The standard InChI is InChI=1S/C6H12N4S/c7-8-6(11)10-9-5-3-1-2-4-5/h1-4,7H2,(H2,8,10,11). The molecule has 0 unspecified atom stereocenters. The minimum Gasteiger partial charge on any atom is -0.300 e. The molecule has 0 aromatic carbocycles. The Bertz CT molecular complexity index is 169. The number of hydrogen-bond acceptors (Lipinski definition) is 3. The predicted molar refractivity (Wildman–Crippen MR) is 49.0 cm³/mol. The van der Waals surface area contributed by atoms with E-state index < -0.39 is 0 Å². The second kappa shape index (κ2) is 4.25. The molecule has 1 saturated carbocycles. The summed E-state index contributed by atoms with van der Waals surface area (Å²) in [5.74, 6) is 5.03. The number of rotatable bonds is 1. The predicted octanol–water partition coefficient (Wildman–Crippen LogP) is 0.254. The van der Waals surface area contributed by atoms with Gasteiger partial charge in [-0.15, -0.1) is 0 Å². The van der Waals surface area contributed by atoms with Crippen LogP contribution in [-0.4, -0.2) is 10.8 Å². The van der Waals surface area contributed by atoms with Crippen molar-refractivity contribution in [1.29, 1.82) is 0 Å². The van der Waals surface area contributed by atoms with Gasteiger partial charge in [0.1, 0.15) is 0 Å². The van der Waals surface area contributed by atoms with Crippen LogP contribution in [0.4, 0.5) is 0 Å². The van der Waals surface area contributed by atoms with E-state index in [4.69, 9.17) is 18.1 Å². The molecule has 1 aliphatic rings. The number of hydrazine groups is 1. The van der Waals surface area contributed by atoms with Gasteiger partial charge in [-0.1, -0.05) is 0 Å². The van der Waals surface area contributed by atoms with E-state index in [1.54, 1.807) is 0 Å². The van der Waals surface area contributed by atoms with Crippen LogP contribution in [0.1, 0.15) is 25.7 Å². The molecule has 4 nitrogen and oxygen atoms in total. The average molecular weight is 172 g/mol. The van der Waals surface area contributed by atoms with Crippen LogP contribution in [0.15, 0.2) is 5.10 Å². The Balaban J connectivity index is 2.28. The van der Waals surface area contributed by atoms with Gasteiger partial charge in [0.05, 0.1) is 0 Å². The highest BCUT2D eigenvalue weighted by molar-refractivity contribution is 7.80. The molecular weight excluding hydrogens is 160 g/mol. The molecule has 0 aliphatic heterocycles. The van der Waals surface area contributed by atoms with Gasteiger partial charge < -0.3 is 0 Å². The van der Waals surface area contributed by atoms with Gasteiger partial charge in [-0.3, -0.25) is 10.9 Å². The topological polar surface area (TPSA) is 62.4 Å². The second-order valence-corrected chi connectivity index (χ2v) is 2.88. The normalized spacial score (nSPS) is 16.3. The lowest BCUT2D eigenvalue weighted by Gasteiger charge is -2.00. The van der Waals surface area contributed by atoms with Crippen molar-refractivity contribution in [2.45, 2.75) is 25.7 Å². The summed E-state index contributed by atoms with van der Waals surface area (Å²) in [7, 11) is 0. The highest BCUT2D eigenvalue weighted by Crippen LogP contribution is 2.13. The minimum absolute atomic E-state index is 0.365. The molecule has 0 radical (unpaired) electrons. The van der Waals surface area contributed by atoms with Gasteiger partial charge in [0.2, 0.25) is 5.11 Å². The minimum atomic E-state index is 0.365. The highest BCUT2D eigenvalue weighted by atomic mass is 32.1. The smallest absolute Gasteiger partial charge is 0.201 e. The van der Waals surface area contributed by atoms with E-state index in [0.717, 1.165) is 12.8 Å². The molecule has 62 valence electrons. The monoisotopic (exact) mass is 172 g/mol. The summed E-state index contributed by atoms with van der Waals surface area (Å²) in [6.07, 6.45) is 4.65.